The van der Waals surface area contributed by atoms with Crippen molar-refractivity contribution >= 4 is 17.7 Å². The molecule has 1 aliphatic carbocycles. The van der Waals surface area contributed by atoms with Gasteiger partial charge in [-0.1, -0.05) is 0 Å². The molecule has 1 amide bonds. The minimum Gasteiger partial charge on any atom is -0.342 e. The fourth-order valence-electron chi connectivity index (χ4n) is 2.44. The van der Waals surface area contributed by atoms with Crippen molar-refractivity contribution in [3.63, 3.8) is 0 Å². The second-order valence-electron chi connectivity index (χ2n) is 5.25. The van der Waals surface area contributed by atoms with E-state index in [9.17, 15) is 4.79 Å². The van der Waals surface area contributed by atoms with E-state index in [1.54, 1.807) is 18.5 Å². The van der Waals surface area contributed by atoms with E-state index in [-0.39, 0.29) is 11.9 Å². The van der Waals surface area contributed by atoms with Crippen molar-refractivity contribution in [1.82, 2.24) is 19.9 Å². The maximum Gasteiger partial charge on any atom is 0.254 e. The number of carbonyl (C=O) groups is 1. The Kier molecular flexibility index (Phi) is 3.96. The molecule has 2 aromatic rings. The van der Waals surface area contributed by atoms with E-state index in [0.717, 1.165) is 23.7 Å². The van der Waals surface area contributed by atoms with Crippen molar-refractivity contribution in [1.29, 1.82) is 0 Å². The van der Waals surface area contributed by atoms with E-state index >= 15 is 0 Å². The number of aromatic nitrogens is 3. The van der Waals surface area contributed by atoms with E-state index in [0.29, 0.717) is 11.5 Å². The van der Waals surface area contributed by atoms with Gasteiger partial charge in [-0.2, -0.15) is 0 Å². The molecule has 0 unspecified atom stereocenters. The Bertz CT molecular complexity index is 651. The normalized spacial score (nSPS) is 15.7. The highest BCUT2D eigenvalue weighted by Gasteiger charge is 2.36. The van der Waals surface area contributed by atoms with E-state index in [1.807, 2.05) is 30.1 Å². The summed E-state index contributed by atoms with van der Waals surface area (Å²) in [4.78, 5) is 21.2. The van der Waals surface area contributed by atoms with Crippen molar-refractivity contribution in [3.8, 4) is 0 Å². The van der Waals surface area contributed by atoms with Gasteiger partial charge in [-0.3, -0.25) is 4.79 Å². The van der Waals surface area contributed by atoms with Crippen LogP contribution in [0.2, 0.25) is 0 Å². The SMILES string of the molecule is CSc1ncccc1C(=O)N[C@@H](c1nccn1C)C1CC1. The maximum atomic E-state index is 12.6. The van der Waals surface area contributed by atoms with Gasteiger partial charge in [0, 0.05) is 25.6 Å². The van der Waals surface area contributed by atoms with Gasteiger partial charge in [0.1, 0.15) is 10.9 Å². The van der Waals surface area contributed by atoms with Crippen molar-refractivity contribution in [2.45, 2.75) is 23.9 Å². The van der Waals surface area contributed by atoms with Crippen molar-refractivity contribution in [3.05, 3.63) is 42.1 Å². The van der Waals surface area contributed by atoms with Gasteiger partial charge in [-0.05, 0) is 37.1 Å². The first-order valence-corrected chi connectivity index (χ1v) is 8.20. The number of aryl methyl sites for hydroxylation is 1. The number of carbonyl (C=O) groups excluding carboxylic acids is 1. The van der Waals surface area contributed by atoms with Gasteiger partial charge in [-0.25, -0.2) is 9.97 Å². The quantitative estimate of drug-likeness (QED) is 0.862. The van der Waals surface area contributed by atoms with E-state index in [2.05, 4.69) is 15.3 Å². The van der Waals surface area contributed by atoms with Crippen LogP contribution in [0.3, 0.4) is 0 Å². The van der Waals surface area contributed by atoms with Gasteiger partial charge in [0.15, 0.2) is 0 Å². The molecule has 6 heteroatoms. The molecule has 1 atom stereocenters. The molecule has 5 nitrogen and oxygen atoms in total. The van der Waals surface area contributed by atoms with Crippen LogP contribution in [0.1, 0.15) is 35.1 Å². The lowest BCUT2D eigenvalue weighted by Crippen LogP contribution is -2.32. The molecule has 1 N–H and O–H groups in total. The summed E-state index contributed by atoms with van der Waals surface area (Å²) in [5, 5.41) is 3.89. The summed E-state index contributed by atoms with van der Waals surface area (Å²) in [5.41, 5.74) is 0.629. The molecule has 110 valence electrons. The van der Waals surface area contributed by atoms with Crippen LogP contribution in [-0.2, 0) is 7.05 Å². The number of thioether (sulfide) groups is 1. The third-order valence-corrected chi connectivity index (χ3v) is 4.44. The molecule has 1 saturated carbocycles. The summed E-state index contributed by atoms with van der Waals surface area (Å²) in [6.45, 7) is 0. The van der Waals surface area contributed by atoms with Gasteiger partial charge in [0.2, 0.25) is 0 Å². The molecule has 0 aromatic carbocycles. The van der Waals surface area contributed by atoms with Crippen LogP contribution in [0, 0.1) is 5.92 Å². The molecular formula is C15H18N4OS. The van der Waals surface area contributed by atoms with Crippen molar-refractivity contribution in [2.75, 3.05) is 6.26 Å². The Labute approximate surface area is 128 Å². The number of rotatable bonds is 5. The first-order chi connectivity index (χ1) is 10.2. The zero-order chi connectivity index (χ0) is 14.8. The Morgan fingerprint density at radius 3 is 2.86 bits per heavy atom. The van der Waals surface area contributed by atoms with E-state index < -0.39 is 0 Å². The van der Waals surface area contributed by atoms with Crippen LogP contribution in [0.5, 0.6) is 0 Å². The second-order valence-corrected chi connectivity index (χ2v) is 6.04. The lowest BCUT2D eigenvalue weighted by molar-refractivity contribution is 0.0925. The lowest BCUT2D eigenvalue weighted by Gasteiger charge is -2.18. The van der Waals surface area contributed by atoms with Gasteiger partial charge in [0.05, 0.1) is 11.6 Å². The molecule has 0 aliphatic heterocycles. The van der Waals surface area contributed by atoms with E-state index in [1.165, 1.54) is 11.8 Å². The summed E-state index contributed by atoms with van der Waals surface area (Å²) in [7, 11) is 1.96. The Morgan fingerprint density at radius 2 is 2.24 bits per heavy atom. The Morgan fingerprint density at radius 1 is 1.43 bits per heavy atom. The summed E-state index contributed by atoms with van der Waals surface area (Å²) in [5.74, 6) is 1.33. The average Bonchev–Trinajstić information content (AvgIpc) is 3.26. The van der Waals surface area contributed by atoms with Crippen molar-refractivity contribution < 1.29 is 4.79 Å². The number of hydrogen-bond acceptors (Lipinski definition) is 4. The Balaban J connectivity index is 1.83. The number of pyridine rings is 1. The average molecular weight is 302 g/mol. The second kappa shape index (κ2) is 5.89. The van der Waals surface area contributed by atoms with Crippen LogP contribution in [0.15, 0.2) is 35.7 Å². The molecule has 1 aliphatic rings. The predicted octanol–water partition coefficient (Wildman–Crippen LogP) is 2.42. The molecular weight excluding hydrogens is 284 g/mol. The maximum absolute atomic E-state index is 12.6. The summed E-state index contributed by atoms with van der Waals surface area (Å²) >= 11 is 1.48. The molecule has 2 aromatic heterocycles. The van der Waals surface area contributed by atoms with Gasteiger partial charge in [-0.15, -0.1) is 11.8 Å². The summed E-state index contributed by atoms with van der Waals surface area (Å²) < 4.78 is 1.97. The molecule has 1 fully saturated rings. The number of imidazole rings is 1. The van der Waals surface area contributed by atoms with Gasteiger partial charge >= 0.3 is 0 Å². The van der Waals surface area contributed by atoms with Crippen LogP contribution in [0.4, 0.5) is 0 Å². The highest BCUT2D eigenvalue weighted by atomic mass is 32.2. The number of amides is 1. The molecule has 2 heterocycles. The van der Waals surface area contributed by atoms with E-state index in [4.69, 9.17) is 0 Å². The van der Waals surface area contributed by atoms with Crippen LogP contribution >= 0.6 is 11.8 Å². The molecule has 0 bridgehead atoms. The predicted molar refractivity (Wildman–Crippen MR) is 82.2 cm³/mol. The third-order valence-electron chi connectivity index (χ3n) is 3.73. The topological polar surface area (TPSA) is 59.8 Å². The fourth-order valence-corrected chi connectivity index (χ4v) is 2.99. The van der Waals surface area contributed by atoms with Gasteiger partial charge < -0.3 is 9.88 Å². The monoisotopic (exact) mass is 302 g/mol. The highest BCUT2D eigenvalue weighted by Crippen LogP contribution is 2.40. The molecule has 0 radical (unpaired) electrons. The zero-order valence-electron chi connectivity index (χ0n) is 12.1. The number of nitrogens with zero attached hydrogens (tertiary/aromatic N) is 3. The van der Waals surface area contributed by atoms with Crippen molar-refractivity contribution in [2.24, 2.45) is 13.0 Å². The lowest BCUT2D eigenvalue weighted by atomic mass is 10.1. The van der Waals surface area contributed by atoms with Crippen LogP contribution in [-0.4, -0.2) is 26.7 Å². The molecule has 21 heavy (non-hydrogen) atoms. The minimum atomic E-state index is -0.0765. The molecule has 0 spiro atoms. The molecule has 3 rings (SSSR count). The zero-order valence-corrected chi connectivity index (χ0v) is 12.9. The first kappa shape index (κ1) is 14.1. The standard InChI is InChI=1S/C15H18N4OS/c1-19-9-8-16-13(19)12(10-5-6-10)18-14(20)11-4-3-7-17-15(11)21-2/h3-4,7-10,12H,5-6H2,1-2H3,(H,18,20)/t12-/m1/s1. The minimum absolute atomic E-state index is 0.0209. The van der Waals surface area contributed by atoms with Crippen LogP contribution in [0.25, 0.3) is 0 Å². The smallest absolute Gasteiger partial charge is 0.254 e. The third kappa shape index (κ3) is 2.95. The number of nitrogens with one attached hydrogen (secondary N) is 1. The summed E-state index contributed by atoms with van der Waals surface area (Å²) in [6.07, 6.45) is 9.60. The van der Waals surface area contributed by atoms with Gasteiger partial charge in [0.25, 0.3) is 5.91 Å². The van der Waals surface area contributed by atoms with Crippen LogP contribution < -0.4 is 5.32 Å². The fraction of sp³-hybridized carbons (Fsp3) is 0.400. The first-order valence-electron chi connectivity index (χ1n) is 6.97. The number of hydrogen-bond donors (Lipinski definition) is 1. The Hall–Kier alpha value is -1.82. The summed E-state index contributed by atoms with van der Waals surface area (Å²) in [6, 6.07) is 3.59. The highest BCUT2D eigenvalue weighted by molar-refractivity contribution is 7.98. The molecule has 0 saturated heterocycles. The largest absolute Gasteiger partial charge is 0.342 e.